The van der Waals surface area contributed by atoms with Crippen LogP contribution in [0.25, 0.3) is 10.7 Å². The molecule has 1 amide bonds. The lowest BCUT2D eigenvalue weighted by atomic mass is 10.3. The first-order valence-corrected chi connectivity index (χ1v) is 8.53. The molecule has 0 saturated carbocycles. The van der Waals surface area contributed by atoms with Gasteiger partial charge in [0.25, 0.3) is 0 Å². The van der Waals surface area contributed by atoms with Gasteiger partial charge < -0.3 is 11.2 Å². The molecule has 0 aliphatic heterocycles. The molecule has 0 unspecified atom stereocenters. The maximum Gasteiger partial charge on any atom is 0.234 e. The second kappa shape index (κ2) is 6.97. The number of carbonyl (C=O) groups excluding carboxylic acids is 1. The van der Waals surface area contributed by atoms with Crippen LogP contribution >= 0.6 is 23.1 Å². The van der Waals surface area contributed by atoms with Gasteiger partial charge in [0.1, 0.15) is 11.6 Å². The van der Waals surface area contributed by atoms with Gasteiger partial charge in [0, 0.05) is 6.07 Å². The summed E-state index contributed by atoms with van der Waals surface area (Å²) < 4.78 is 27.8. The van der Waals surface area contributed by atoms with Crippen molar-refractivity contribution in [1.82, 2.24) is 14.9 Å². The third kappa shape index (κ3) is 3.54. The zero-order chi connectivity index (χ0) is 17.1. The molecule has 0 saturated heterocycles. The van der Waals surface area contributed by atoms with Gasteiger partial charge in [-0.1, -0.05) is 17.8 Å². The van der Waals surface area contributed by atoms with Gasteiger partial charge in [-0.05, 0) is 23.6 Å². The molecule has 2 aromatic heterocycles. The van der Waals surface area contributed by atoms with Gasteiger partial charge in [0.2, 0.25) is 11.1 Å². The number of thiophene rings is 1. The summed E-state index contributed by atoms with van der Waals surface area (Å²) in [5, 5.41) is 12.4. The van der Waals surface area contributed by atoms with Crippen LogP contribution in [0.2, 0.25) is 0 Å². The predicted molar refractivity (Wildman–Crippen MR) is 89.2 cm³/mol. The Balaban J connectivity index is 1.64. The zero-order valence-electron chi connectivity index (χ0n) is 12.1. The standard InChI is InChI=1S/C14H11F2N5OS2/c15-8-3-4-9(16)10(6-8)18-12(22)7-24-14-20-19-13(21(14)17)11-2-1-5-23-11/h1-6H,7,17H2,(H,18,22). The van der Waals surface area contributed by atoms with Crippen LogP contribution in [0.5, 0.6) is 0 Å². The van der Waals surface area contributed by atoms with E-state index in [9.17, 15) is 13.6 Å². The molecule has 3 N–H and O–H groups in total. The Kier molecular flexibility index (Phi) is 4.76. The van der Waals surface area contributed by atoms with Gasteiger partial charge in [-0.2, -0.15) is 0 Å². The van der Waals surface area contributed by atoms with E-state index < -0.39 is 17.5 Å². The Morgan fingerprint density at radius 3 is 2.92 bits per heavy atom. The number of amides is 1. The second-order valence-electron chi connectivity index (χ2n) is 4.61. The molecule has 0 atom stereocenters. The number of benzene rings is 1. The fourth-order valence-electron chi connectivity index (χ4n) is 1.86. The van der Waals surface area contributed by atoms with Crippen molar-refractivity contribution in [2.45, 2.75) is 5.16 Å². The summed E-state index contributed by atoms with van der Waals surface area (Å²) in [7, 11) is 0. The third-order valence-corrected chi connectivity index (χ3v) is 4.75. The molecule has 0 aliphatic carbocycles. The molecular weight excluding hydrogens is 356 g/mol. The Labute approximate surface area is 143 Å². The van der Waals surface area contributed by atoms with E-state index in [1.54, 1.807) is 0 Å². The minimum Gasteiger partial charge on any atom is -0.335 e. The van der Waals surface area contributed by atoms with Crippen molar-refractivity contribution < 1.29 is 13.6 Å². The topological polar surface area (TPSA) is 85.8 Å². The molecule has 24 heavy (non-hydrogen) atoms. The predicted octanol–water partition coefficient (Wildman–Crippen LogP) is 2.73. The smallest absolute Gasteiger partial charge is 0.234 e. The molecule has 124 valence electrons. The van der Waals surface area contributed by atoms with Gasteiger partial charge in [-0.3, -0.25) is 4.79 Å². The first-order chi connectivity index (χ1) is 11.5. The highest BCUT2D eigenvalue weighted by Gasteiger charge is 2.15. The van der Waals surface area contributed by atoms with Crippen molar-refractivity contribution in [2.75, 3.05) is 16.9 Å². The van der Waals surface area contributed by atoms with E-state index in [1.165, 1.54) is 16.0 Å². The van der Waals surface area contributed by atoms with E-state index in [-0.39, 0.29) is 11.4 Å². The third-order valence-electron chi connectivity index (χ3n) is 2.94. The van der Waals surface area contributed by atoms with Crippen molar-refractivity contribution in [1.29, 1.82) is 0 Å². The molecule has 0 radical (unpaired) electrons. The monoisotopic (exact) mass is 367 g/mol. The molecule has 10 heteroatoms. The summed E-state index contributed by atoms with van der Waals surface area (Å²) in [6.07, 6.45) is 0. The lowest BCUT2D eigenvalue weighted by Gasteiger charge is -2.06. The maximum absolute atomic E-state index is 13.5. The van der Waals surface area contributed by atoms with Crippen LogP contribution in [0.4, 0.5) is 14.5 Å². The van der Waals surface area contributed by atoms with Gasteiger partial charge >= 0.3 is 0 Å². The Morgan fingerprint density at radius 2 is 2.17 bits per heavy atom. The quantitative estimate of drug-likeness (QED) is 0.535. The fraction of sp³-hybridized carbons (Fsp3) is 0.0714. The molecule has 3 aromatic rings. The maximum atomic E-state index is 13.5. The van der Waals surface area contributed by atoms with Crippen LogP contribution in [0.3, 0.4) is 0 Å². The number of halogens is 2. The summed E-state index contributed by atoms with van der Waals surface area (Å²) in [6, 6.07) is 6.55. The summed E-state index contributed by atoms with van der Waals surface area (Å²) in [6.45, 7) is 0. The average Bonchev–Trinajstić information content (AvgIpc) is 3.18. The Morgan fingerprint density at radius 1 is 1.33 bits per heavy atom. The van der Waals surface area contributed by atoms with E-state index in [0.717, 1.165) is 34.8 Å². The van der Waals surface area contributed by atoms with Crippen molar-refractivity contribution in [3.8, 4) is 10.7 Å². The highest BCUT2D eigenvalue weighted by Crippen LogP contribution is 2.25. The van der Waals surface area contributed by atoms with E-state index in [1.807, 2.05) is 17.5 Å². The number of nitrogens with zero attached hydrogens (tertiary/aromatic N) is 3. The lowest BCUT2D eigenvalue weighted by molar-refractivity contribution is -0.113. The molecule has 0 fully saturated rings. The van der Waals surface area contributed by atoms with Crippen LogP contribution in [-0.4, -0.2) is 26.5 Å². The van der Waals surface area contributed by atoms with Crippen LogP contribution in [0.1, 0.15) is 0 Å². The van der Waals surface area contributed by atoms with Crippen molar-refractivity contribution >= 4 is 34.7 Å². The minimum absolute atomic E-state index is 0.0737. The normalized spacial score (nSPS) is 10.8. The van der Waals surface area contributed by atoms with E-state index in [4.69, 9.17) is 5.84 Å². The fourth-order valence-corrected chi connectivity index (χ4v) is 3.22. The first-order valence-electron chi connectivity index (χ1n) is 6.66. The minimum atomic E-state index is -0.711. The largest absolute Gasteiger partial charge is 0.335 e. The van der Waals surface area contributed by atoms with Crippen LogP contribution < -0.4 is 11.2 Å². The Hall–Kier alpha value is -2.46. The molecule has 0 spiro atoms. The summed E-state index contributed by atoms with van der Waals surface area (Å²) in [4.78, 5) is 12.7. The highest BCUT2D eigenvalue weighted by atomic mass is 32.2. The number of carbonyl (C=O) groups is 1. The van der Waals surface area contributed by atoms with E-state index in [0.29, 0.717) is 11.0 Å². The van der Waals surface area contributed by atoms with Gasteiger partial charge in [0.15, 0.2) is 5.82 Å². The molecule has 3 rings (SSSR count). The molecule has 0 bridgehead atoms. The molecule has 6 nitrogen and oxygen atoms in total. The highest BCUT2D eigenvalue weighted by molar-refractivity contribution is 7.99. The number of nitrogens with one attached hydrogen (secondary N) is 1. The number of rotatable bonds is 5. The number of hydrogen-bond donors (Lipinski definition) is 2. The van der Waals surface area contributed by atoms with Crippen molar-refractivity contribution in [3.63, 3.8) is 0 Å². The summed E-state index contributed by atoms with van der Waals surface area (Å²) in [5.74, 6) is 4.47. The van der Waals surface area contributed by atoms with Gasteiger partial charge in [0.05, 0.1) is 16.3 Å². The molecular formula is C14H11F2N5OS2. The number of nitrogens with two attached hydrogens (primary N) is 1. The summed E-state index contributed by atoms with van der Waals surface area (Å²) >= 11 is 2.51. The number of hydrogen-bond acceptors (Lipinski definition) is 6. The SMILES string of the molecule is Nn1c(SCC(=O)Nc2cc(F)ccc2F)nnc1-c1cccs1. The number of nitrogen functional groups attached to an aromatic ring is 1. The number of thioether (sulfide) groups is 1. The molecule has 2 heterocycles. The zero-order valence-corrected chi connectivity index (χ0v) is 13.7. The molecule has 1 aromatic carbocycles. The van der Waals surface area contributed by atoms with Crippen LogP contribution in [0.15, 0.2) is 40.9 Å². The Bertz CT molecular complexity index is 866. The molecule has 0 aliphatic rings. The van der Waals surface area contributed by atoms with Crippen LogP contribution in [0, 0.1) is 11.6 Å². The average molecular weight is 367 g/mol. The van der Waals surface area contributed by atoms with Crippen molar-refractivity contribution in [3.05, 3.63) is 47.3 Å². The van der Waals surface area contributed by atoms with Gasteiger partial charge in [-0.15, -0.1) is 21.5 Å². The van der Waals surface area contributed by atoms with E-state index in [2.05, 4.69) is 15.5 Å². The van der Waals surface area contributed by atoms with Crippen molar-refractivity contribution in [2.24, 2.45) is 0 Å². The second-order valence-corrected chi connectivity index (χ2v) is 6.50. The van der Waals surface area contributed by atoms with Gasteiger partial charge in [-0.25, -0.2) is 13.5 Å². The summed E-state index contributed by atoms with van der Waals surface area (Å²) in [5.41, 5.74) is -0.214. The number of aromatic nitrogens is 3. The lowest BCUT2D eigenvalue weighted by Crippen LogP contribution is -2.17. The van der Waals surface area contributed by atoms with E-state index >= 15 is 0 Å². The van der Waals surface area contributed by atoms with Crippen LogP contribution in [-0.2, 0) is 4.79 Å². The first kappa shape index (κ1) is 16.4. The number of anilines is 1.